The summed E-state index contributed by atoms with van der Waals surface area (Å²) in [6.07, 6.45) is 10.6. The Kier molecular flexibility index (Phi) is 10.5. The lowest BCUT2D eigenvalue weighted by Crippen LogP contribution is -1.81. The van der Waals surface area contributed by atoms with E-state index in [1.165, 1.54) is 29.9 Å². The fourth-order valence-electron chi connectivity index (χ4n) is 0.916. The molecule has 0 aromatic carbocycles. The van der Waals surface area contributed by atoms with Crippen LogP contribution in [0, 0.1) is 0 Å². The van der Waals surface area contributed by atoms with Gasteiger partial charge in [0.05, 0.1) is 0 Å². The largest absolute Gasteiger partial charge is 0.412 e. The van der Waals surface area contributed by atoms with E-state index in [1.807, 2.05) is 11.8 Å². The van der Waals surface area contributed by atoms with Gasteiger partial charge >= 0.3 is 0 Å². The van der Waals surface area contributed by atoms with E-state index in [0.717, 1.165) is 0 Å². The quantitative estimate of drug-likeness (QED) is 0.668. The van der Waals surface area contributed by atoms with E-state index in [2.05, 4.69) is 25.2 Å². The number of hydrogen-bond acceptors (Lipinski definition) is 1. The summed E-state index contributed by atoms with van der Waals surface area (Å²) in [6.45, 7) is 2.22. The van der Waals surface area contributed by atoms with E-state index in [-0.39, 0.29) is 11.0 Å². The van der Waals surface area contributed by atoms with E-state index in [9.17, 15) is 0 Å². The fraction of sp³-hybridized carbons (Fsp3) is 0.556. The Bertz CT molecular complexity index is 153. The Hall–Kier alpha value is -0.250. The lowest BCUT2D eigenvalue weighted by atomic mass is 10.2. The summed E-state index contributed by atoms with van der Waals surface area (Å²) in [5.74, 6) is 1.26. The minimum Gasteiger partial charge on any atom is -0.412 e. The SMILES string of the molecule is CCCSC1=CCCC=C1.O.O. The van der Waals surface area contributed by atoms with E-state index < -0.39 is 0 Å². The summed E-state index contributed by atoms with van der Waals surface area (Å²) in [7, 11) is 0. The van der Waals surface area contributed by atoms with Gasteiger partial charge in [-0.1, -0.05) is 25.2 Å². The minimum absolute atomic E-state index is 0. The number of hydrogen-bond donors (Lipinski definition) is 0. The summed E-state index contributed by atoms with van der Waals surface area (Å²) in [4.78, 5) is 1.47. The van der Waals surface area contributed by atoms with Gasteiger partial charge < -0.3 is 11.0 Å². The highest BCUT2D eigenvalue weighted by Gasteiger charge is 1.95. The maximum Gasteiger partial charge on any atom is 0.00289 e. The van der Waals surface area contributed by atoms with Crippen LogP contribution in [0.5, 0.6) is 0 Å². The van der Waals surface area contributed by atoms with Crippen molar-refractivity contribution in [3.63, 3.8) is 0 Å². The Morgan fingerprint density at radius 3 is 2.58 bits per heavy atom. The summed E-state index contributed by atoms with van der Waals surface area (Å²) < 4.78 is 0. The van der Waals surface area contributed by atoms with Crippen molar-refractivity contribution >= 4 is 11.8 Å². The van der Waals surface area contributed by atoms with Crippen LogP contribution in [-0.4, -0.2) is 16.7 Å². The molecule has 0 heterocycles. The number of thioether (sulfide) groups is 1. The van der Waals surface area contributed by atoms with Gasteiger partial charge in [0, 0.05) is 4.91 Å². The molecule has 0 unspecified atom stereocenters. The molecule has 0 saturated heterocycles. The van der Waals surface area contributed by atoms with Gasteiger partial charge in [-0.15, -0.1) is 11.8 Å². The van der Waals surface area contributed by atoms with Gasteiger partial charge in [0.2, 0.25) is 0 Å². The van der Waals surface area contributed by atoms with Crippen molar-refractivity contribution in [1.82, 2.24) is 0 Å². The predicted octanol–water partition coefficient (Wildman–Crippen LogP) is 1.71. The first-order valence-corrected chi connectivity index (χ1v) is 4.91. The second-order valence-corrected chi connectivity index (χ2v) is 3.60. The molecule has 0 aromatic rings. The molecule has 0 saturated carbocycles. The van der Waals surface area contributed by atoms with Gasteiger partial charge in [0.25, 0.3) is 0 Å². The molecule has 0 aliphatic heterocycles. The van der Waals surface area contributed by atoms with Crippen molar-refractivity contribution in [3.05, 3.63) is 23.1 Å². The molecule has 0 bridgehead atoms. The molecular weight excluding hydrogens is 172 g/mol. The van der Waals surface area contributed by atoms with Gasteiger partial charge in [-0.2, -0.15) is 0 Å². The predicted molar refractivity (Wildman–Crippen MR) is 56.4 cm³/mol. The summed E-state index contributed by atoms with van der Waals surface area (Å²) >= 11 is 1.97. The molecule has 0 amide bonds. The topological polar surface area (TPSA) is 63.0 Å². The third kappa shape index (κ3) is 5.41. The first-order valence-electron chi connectivity index (χ1n) is 3.93. The van der Waals surface area contributed by atoms with E-state index in [0.29, 0.717) is 0 Å². The molecule has 0 aromatic heterocycles. The minimum atomic E-state index is 0. The van der Waals surface area contributed by atoms with E-state index in [4.69, 9.17) is 0 Å². The first-order chi connectivity index (χ1) is 4.93. The van der Waals surface area contributed by atoms with Gasteiger partial charge in [-0.05, 0) is 25.0 Å². The molecule has 0 spiro atoms. The molecule has 2 nitrogen and oxygen atoms in total. The summed E-state index contributed by atoms with van der Waals surface area (Å²) in [5, 5.41) is 0. The fourth-order valence-corrected chi connectivity index (χ4v) is 1.78. The first kappa shape index (κ1) is 14.3. The zero-order chi connectivity index (χ0) is 7.23. The maximum atomic E-state index is 2.33. The average molecular weight is 190 g/mol. The van der Waals surface area contributed by atoms with Crippen molar-refractivity contribution < 1.29 is 11.0 Å². The molecule has 72 valence electrons. The molecule has 0 atom stereocenters. The Morgan fingerprint density at radius 1 is 1.33 bits per heavy atom. The van der Waals surface area contributed by atoms with Crippen LogP contribution in [0.25, 0.3) is 0 Å². The van der Waals surface area contributed by atoms with Crippen LogP contribution in [0.4, 0.5) is 0 Å². The second-order valence-electron chi connectivity index (χ2n) is 2.43. The molecule has 0 radical (unpaired) electrons. The van der Waals surface area contributed by atoms with Crippen LogP contribution in [0.2, 0.25) is 0 Å². The standard InChI is InChI=1S/C9H14S.2H2O/c1-2-8-10-9-6-4-3-5-7-9;;/h4,6-7H,2-3,5,8H2,1H3;2*1H2. The molecule has 1 aliphatic carbocycles. The molecule has 12 heavy (non-hydrogen) atoms. The van der Waals surface area contributed by atoms with E-state index in [1.54, 1.807) is 0 Å². The highest BCUT2D eigenvalue weighted by Crippen LogP contribution is 2.22. The van der Waals surface area contributed by atoms with Crippen molar-refractivity contribution in [1.29, 1.82) is 0 Å². The highest BCUT2D eigenvalue weighted by molar-refractivity contribution is 8.03. The van der Waals surface area contributed by atoms with Crippen molar-refractivity contribution in [2.75, 3.05) is 5.75 Å². The lowest BCUT2D eigenvalue weighted by Gasteiger charge is -2.04. The summed E-state index contributed by atoms with van der Waals surface area (Å²) in [5.41, 5.74) is 0. The van der Waals surface area contributed by atoms with Crippen LogP contribution in [-0.2, 0) is 0 Å². The molecule has 4 N–H and O–H groups in total. The van der Waals surface area contributed by atoms with Crippen LogP contribution in [0.15, 0.2) is 23.1 Å². The highest BCUT2D eigenvalue weighted by atomic mass is 32.2. The van der Waals surface area contributed by atoms with Crippen molar-refractivity contribution in [2.45, 2.75) is 26.2 Å². The molecule has 1 rings (SSSR count). The Balaban J connectivity index is 0. The van der Waals surface area contributed by atoms with Gasteiger partial charge in [0.1, 0.15) is 0 Å². The van der Waals surface area contributed by atoms with Crippen LogP contribution >= 0.6 is 11.8 Å². The van der Waals surface area contributed by atoms with Crippen LogP contribution in [0.3, 0.4) is 0 Å². The van der Waals surface area contributed by atoms with E-state index >= 15 is 0 Å². The van der Waals surface area contributed by atoms with Crippen molar-refractivity contribution in [2.24, 2.45) is 0 Å². The Morgan fingerprint density at radius 2 is 2.08 bits per heavy atom. The maximum absolute atomic E-state index is 2.33. The number of rotatable bonds is 3. The summed E-state index contributed by atoms with van der Waals surface area (Å²) in [6, 6.07) is 0. The molecule has 0 fully saturated rings. The zero-order valence-corrected chi connectivity index (χ0v) is 8.29. The normalized spacial score (nSPS) is 14.2. The van der Waals surface area contributed by atoms with Gasteiger partial charge in [0.15, 0.2) is 0 Å². The smallest absolute Gasteiger partial charge is 0.00289 e. The molecular formula is C9H18O2S. The van der Waals surface area contributed by atoms with Gasteiger partial charge in [-0.3, -0.25) is 0 Å². The van der Waals surface area contributed by atoms with Crippen molar-refractivity contribution in [3.8, 4) is 0 Å². The van der Waals surface area contributed by atoms with Gasteiger partial charge in [-0.25, -0.2) is 0 Å². The second kappa shape index (κ2) is 8.84. The third-order valence-corrected chi connectivity index (χ3v) is 2.68. The third-order valence-electron chi connectivity index (χ3n) is 1.43. The zero-order valence-electron chi connectivity index (χ0n) is 7.47. The van der Waals surface area contributed by atoms with Crippen LogP contribution in [0.1, 0.15) is 26.2 Å². The molecule has 1 aliphatic rings. The monoisotopic (exact) mass is 190 g/mol. The number of allylic oxidation sites excluding steroid dienone is 3. The van der Waals surface area contributed by atoms with Crippen LogP contribution < -0.4 is 0 Å². The lowest BCUT2D eigenvalue weighted by molar-refractivity contribution is 0.823. The Labute approximate surface area is 78.4 Å². The average Bonchev–Trinajstić information content (AvgIpc) is 2.03. The molecule has 3 heteroatoms.